The van der Waals surface area contributed by atoms with E-state index in [1.807, 2.05) is 6.92 Å². The van der Waals surface area contributed by atoms with Gasteiger partial charge in [0.25, 0.3) is 0 Å². The summed E-state index contributed by atoms with van der Waals surface area (Å²) >= 11 is 0. The van der Waals surface area contributed by atoms with Gasteiger partial charge in [-0.25, -0.2) is 0 Å². The Morgan fingerprint density at radius 3 is 1.96 bits per heavy atom. The summed E-state index contributed by atoms with van der Waals surface area (Å²) < 4.78 is 2.78. The summed E-state index contributed by atoms with van der Waals surface area (Å²) in [5.41, 5.74) is 0. The van der Waals surface area contributed by atoms with E-state index in [0.29, 0.717) is 0 Å². The summed E-state index contributed by atoms with van der Waals surface area (Å²) in [6.45, 7) is 13.3. The predicted octanol–water partition coefficient (Wildman–Crippen LogP) is 3.67. The summed E-state index contributed by atoms with van der Waals surface area (Å²) in [6.07, 6.45) is 1.16. The monoisotopic (exact) mass is 391 g/mol. The van der Waals surface area contributed by atoms with Crippen LogP contribution in [0.15, 0.2) is 60.7 Å². The fourth-order valence-electron chi connectivity index (χ4n) is 4.95. The highest BCUT2D eigenvalue weighted by Gasteiger charge is 2.53. The van der Waals surface area contributed by atoms with Crippen LogP contribution in [0.25, 0.3) is 0 Å². The lowest BCUT2D eigenvalue weighted by molar-refractivity contribution is 0.131. The number of nitriles is 1. The van der Waals surface area contributed by atoms with Gasteiger partial charge in [0.1, 0.15) is 0 Å². The van der Waals surface area contributed by atoms with Gasteiger partial charge in [-0.15, -0.1) is 0 Å². The molecule has 1 unspecified atom stereocenters. The van der Waals surface area contributed by atoms with Crippen LogP contribution in [0.5, 0.6) is 0 Å². The maximum atomic E-state index is 9.29. The molecule has 1 saturated heterocycles. The molecule has 2 aromatic carbocycles. The van der Waals surface area contributed by atoms with Gasteiger partial charge in [-0.3, -0.25) is 4.90 Å². The standard InChI is InChI=1S/C24H33N3Si/c1-21(18-25)19-26-16-11-17-27(20-26)28(24(2,3)4,22-12-7-5-8-13-22)23-14-9-6-10-15-23/h5-10,12-15,21H,11,16-17,19-20H2,1-4H3. The van der Waals surface area contributed by atoms with Crippen LogP contribution in [0.2, 0.25) is 5.04 Å². The fraction of sp³-hybridized carbons (Fsp3) is 0.458. The Kier molecular flexibility index (Phi) is 6.39. The van der Waals surface area contributed by atoms with Gasteiger partial charge in [0.2, 0.25) is 0 Å². The van der Waals surface area contributed by atoms with Gasteiger partial charge >= 0.3 is 0 Å². The average Bonchev–Trinajstić information content (AvgIpc) is 2.69. The first-order valence-electron chi connectivity index (χ1n) is 10.4. The van der Waals surface area contributed by atoms with Crippen LogP contribution in [-0.4, -0.2) is 44.0 Å². The van der Waals surface area contributed by atoms with Crippen LogP contribution in [0, 0.1) is 17.2 Å². The molecule has 1 aliphatic heterocycles. The molecule has 0 aliphatic carbocycles. The van der Waals surface area contributed by atoms with E-state index < -0.39 is 8.24 Å². The third kappa shape index (κ3) is 3.93. The molecule has 3 nitrogen and oxygen atoms in total. The van der Waals surface area contributed by atoms with Gasteiger partial charge in [-0.2, -0.15) is 5.26 Å². The Morgan fingerprint density at radius 1 is 0.964 bits per heavy atom. The Labute approximate surface area is 171 Å². The topological polar surface area (TPSA) is 30.3 Å². The minimum absolute atomic E-state index is 0.0686. The van der Waals surface area contributed by atoms with E-state index in [2.05, 4.69) is 97.0 Å². The van der Waals surface area contributed by atoms with Crippen molar-refractivity contribution in [1.82, 2.24) is 9.47 Å². The predicted molar refractivity (Wildman–Crippen MR) is 120 cm³/mol. The third-order valence-corrected chi connectivity index (χ3v) is 11.8. The molecule has 1 aliphatic rings. The van der Waals surface area contributed by atoms with E-state index in [-0.39, 0.29) is 11.0 Å². The number of nitrogens with zero attached hydrogens (tertiary/aromatic N) is 3. The second-order valence-electron chi connectivity index (χ2n) is 9.06. The molecule has 1 atom stereocenters. The van der Waals surface area contributed by atoms with Crippen molar-refractivity contribution in [2.24, 2.45) is 5.92 Å². The number of hydrogen-bond donors (Lipinski definition) is 0. The molecule has 1 fully saturated rings. The van der Waals surface area contributed by atoms with E-state index in [1.165, 1.54) is 10.4 Å². The average molecular weight is 392 g/mol. The number of hydrogen-bond acceptors (Lipinski definition) is 3. The quantitative estimate of drug-likeness (QED) is 0.729. The van der Waals surface area contributed by atoms with Crippen molar-refractivity contribution in [2.45, 2.75) is 39.2 Å². The zero-order valence-electron chi connectivity index (χ0n) is 17.7. The fourth-order valence-corrected chi connectivity index (χ4v) is 10.9. The summed E-state index contributed by atoms with van der Waals surface area (Å²) in [5.74, 6) is 0.0686. The minimum atomic E-state index is -2.24. The molecule has 3 rings (SSSR count). The highest BCUT2D eigenvalue weighted by atomic mass is 28.3. The van der Waals surface area contributed by atoms with Crippen molar-refractivity contribution in [3.05, 3.63) is 60.7 Å². The van der Waals surface area contributed by atoms with E-state index in [1.54, 1.807) is 0 Å². The van der Waals surface area contributed by atoms with Crippen LogP contribution < -0.4 is 10.4 Å². The van der Waals surface area contributed by atoms with Crippen molar-refractivity contribution in [2.75, 3.05) is 26.3 Å². The maximum absolute atomic E-state index is 9.29. The van der Waals surface area contributed by atoms with Gasteiger partial charge in [-0.05, 0) is 35.3 Å². The molecule has 0 aromatic heterocycles. The molecule has 28 heavy (non-hydrogen) atoms. The van der Waals surface area contributed by atoms with Gasteiger partial charge < -0.3 is 4.57 Å². The Bertz CT molecular complexity index is 753. The van der Waals surface area contributed by atoms with Gasteiger partial charge in [0, 0.05) is 19.8 Å². The molecular weight excluding hydrogens is 358 g/mol. The summed E-state index contributed by atoms with van der Waals surface area (Å²) in [5, 5.41) is 12.4. The van der Waals surface area contributed by atoms with Crippen molar-refractivity contribution < 1.29 is 0 Å². The normalized spacial score (nSPS) is 17.8. The molecule has 0 bridgehead atoms. The van der Waals surface area contributed by atoms with Crippen molar-refractivity contribution >= 4 is 18.6 Å². The van der Waals surface area contributed by atoms with Crippen LogP contribution in [0.1, 0.15) is 34.1 Å². The maximum Gasteiger partial charge on any atom is 0.199 e. The first-order chi connectivity index (χ1) is 13.4. The van der Waals surface area contributed by atoms with E-state index in [9.17, 15) is 5.26 Å². The lowest BCUT2D eigenvalue weighted by Gasteiger charge is -2.54. The first kappa shape index (κ1) is 20.8. The SMILES string of the molecule is CC(C#N)CN1CCCN([Si](c2ccccc2)(c2ccccc2)C(C)(C)C)C1. The lowest BCUT2D eigenvalue weighted by Crippen LogP contribution is -2.77. The highest BCUT2D eigenvalue weighted by molar-refractivity contribution is 7.02. The number of rotatable bonds is 5. The van der Waals surface area contributed by atoms with Crippen LogP contribution in [0.3, 0.4) is 0 Å². The molecule has 0 N–H and O–H groups in total. The van der Waals surface area contributed by atoms with E-state index >= 15 is 0 Å². The van der Waals surface area contributed by atoms with E-state index in [0.717, 1.165) is 32.7 Å². The summed E-state index contributed by atoms with van der Waals surface area (Å²) in [4.78, 5) is 2.48. The number of benzene rings is 2. The zero-order chi connectivity index (χ0) is 20.2. The molecule has 0 amide bonds. The van der Waals surface area contributed by atoms with Crippen LogP contribution >= 0.6 is 0 Å². The molecule has 0 spiro atoms. The summed E-state index contributed by atoms with van der Waals surface area (Å²) in [6, 6.07) is 24.7. The molecule has 4 heteroatoms. The van der Waals surface area contributed by atoms with Crippen molar-refractivity contribution in [3.8, 4) is 6.07 Å². The van der Waals surface area contributed by atoms with Gasteiger partial charge in [0.05, 0.1) is 12.0 Å². The van der Waals surface area contributed by atoms with Crippen LogP contribution in [-0.2, 0) is 0 Å². The second kappa shape index (κ2) is 8.61. The molecule has 148 valence electrons. The Morgan fingerprint density at radius 2 is 1.50 bits per heavy atom. The minimum Gasteiger partial charge on any atom is -0.304 e. The Hall–Kier alpha value is -1.93. The molecular formula is C24H33N3Si. The van der Waals surface area contributed by atoms with Crippen LogP contribution in [0.4, 0.5) is 0 Å². The van der Waals surface area contributed by atoms with Gasteiger partial charge in [0.15, 0.2) is 8.24 Å². The third-order valence-electron chi connectivity index (χ3n) is 5.97. The van der Waals surface area contributed by atoms with Gasteiger partial charge in [-0.1, -0.05) is 81.4 Å². The lowest BCUT2D eigenvalue weighted by atomic mass is 10.2. The first-order valence-corrected chi connectivity index (χ1v) is 12.3. The molecule has 0 radical (unpaired) electrons. The van der Waals surface area contributed by atoms with E-state index in [4.69, 9.17) is 0 Å². The molecule has 2 aromatic rings. The molecule has 0 saturated carbocycles. The molecule has 1 heterocycles. The smallest absolute Gasteiger partial charge is 0.199 e. The van der Waals surface area contributed by atoms with Crippen molar-refractivity contribution in [3.63, 3.8) is 0 Å². The van der Waals surface area contributed by atoms with Crippen molar-refractivity contribution in [1.29, 1.82) is 5.26 Å². The largest absolute Gasteiger partial charge is 0.304 e. The second-order valence-corrected chi connectivity index (χ2v) is 13.8. The Balaban J connectivity index is 2.12. The zero-order valence-corrected chi connectivity index (χ0v) is 18.7. The summed E-state index contributed by atoms with van der Waals surface area (Å²) in [7, 11) is -2.24. The highest BCUT2D eigenvalue weighted by Crippen LogP contribution is 2.39.